The molecule has 24 heavy (non-hydrogen) atoms. The number of hydrogen-bond donors (Lipinski definition) is 3. The third-order valence-corrected chi connectivity index (χ3v) is 5.60. The van der Waals surface area contributed by atoms with Crippen LogP contribution in [0.2, 0.25) is 0 Å². The SMILES string of the molecule is CCNC(=O)c1cc(S(=O)(=O)Nc2cc(C(=O)O)ccc2C)cs1. The van der Waals surface area contributed by atoms with Gasteiger partial charge in [-0.2, -0.15) is 0 Å². The van der Waals surface area contributed by atoms with E-state index < -0.39 is 16.0 Å². The number of nitrogens with one attached hydrogen (secondary N) is 2. The zero-order chi connectivity index (χ0) is 17.9. The second-order valence-corrected chi connectivity index (χ2v) is 7.54. The number of thiophene rings is 1. The number of hydrogen-bond acceptors (Lipinski definition) is 5. The molecule has 7 nitrogen and oxygen atoms in total. The number of aromatic carboxylic acids is 1. The maximum absolute atomic E-state index is 12.4. The molecule has 2 rings (SSSR count). The predicted octanol–water partition coefficient (Wildman–Crippen LogP) is 2.31. The summed E-state index contributed by atoms with van der Waals surface area (Å²) in [5.74, 6) is -1.49. The van der Waals surface area contributed by atoms with Gasteiger partial charge in [-0.3, -0.25) is 9.52 Å². The smallest absolute Gasteiger partial charge is 0.335 e. The molecule has 0 aliphatic heterocycles. The summed E-state index contributed by atoms with van der Waals surface area (Å²) >= 11 is 1.02. The highest BCUT2D eigenvalue weighted by Gasteiger charge is 2.20. The number of anilines is 1. The number of sulfonamides is 1. The Morgan fingerprint density at radius 1 is 1.25 bits per heavy atom. The summed E-state index contributed by atoms with van der Waals surface area (Å²) in [5.41, 5.74) is 0.745. The lowest BCUT2D eigenvalue weighted by Crippen LogP contribution is -2.21. The van der Waals surface area contributed by atoms with E-state index >= 15 is 0 Å². The van der Waals surface area contributed by atoms with Crippen molar-refractivity contribution in [3.63, 3.8) is 0 Å². The van der Waals surface area contributed by atoms with Crippen LogP contribution in [0.1, 0.15) is 32.5 Å². The molecule has 1 heterocycles. The number of aryl methyl sites for hydroxylation is 1. The average molecular weight is 368 g/mol. The molecule has 0 saturated carbocycles. The standard InChI is InChI=1S/C15H16N2O5S2/c1-3-16-14(18)13-7-11(8-23-13)24(21,22)17-12-6-10(15(19)20)5-4-9(12)2/h4-8,17H,3H2,1-2H3,(H,16,18)(H,19,20). The van der Waals surface area contributed by atoms with Crippen molar-refractivity contribution in [2.24, 2.45) is 0 Å². The van der Waals surface area contributed by atoms with E-state index in [0.717, 1.165) is 11.3 Å². The van der Waals surface area contributed by atoms with Crippen molar-refractivity contribution in [2.75, 3.05) is 11.3 Å². The normalized spacial score (nSPS) is 11.1. The van der Waals surface area contributed by atoms with Crippen molar-refractivity contribution in [1.29, 1.82) is 0 Å². The van der Waals surface area contributed by atoms with E-state index in [2.05, 4.69) is 10.0 Å². The lowest BCUT2D eigenvalue weighted by molar-refractivity contribution is 0.0696. The van der Waals surface area contributed by atoms with Gasteiger partial charge in [-0.1, -0.05) is 6.07 Å². The van der Waals surface area contributed by atoms with Crippen molar-refractivity contribution in [2.45, 2.75) is 18.7 Å². The van der Waals surface area contributed by atoms with Crippen LogP contribution in [0.15, 0.2) is 34.5 Å². The van der Waals surface area contributed by atoms with Crippen molar-refractivity contribution in [1.82, 2.24) is 5.32 Å². The van der Waals surface area contributed by atoms with Crippen LogP contribution in [0, 0.1) is 6.92 Å². The summed E-state index contributed by atoms with van der Waals surface area (Å²) in [6.45, 7) is 3.87. The van der Waals surface area contributed by atoms with Crippen LogP contribution in [0.25, 0.3) is 0 Å². The molecule has 0 fully saturated rings. The van der Waals surface area contributed by atoms with E-state index in [-0.39, 0.29) is 26.9 Å². The summed E-state index contributed by atoms with van der Waals surface area (Å²) in [7, 11) is -3.92. The highest BCUT2D eigenvalue weighted by molar-refractivity contribution is 7.92. The molecule has 0 saturated heterocycles. The summed E-state index contributed by atoms with van der Waals surface area (Å²) in [5, 5.41) is 13.0. The monoisotopic (exact) mass is 368 g/mol. The molecule has 1 amide bonds. The Hall–Kier alpha value is -2.39. The Kier molecular flexibility index (Phi) is 5.25. The van der Waals surface area contributed by atoms with Gasteiger partial charge in [0, 0.05) is 11.9 Å². The van der Waals surface area contributed by atoms with Crippen LogP contribution in [0.3, 0.4) is 0 Å². The summed E-state index contributed by atoms with van der Waals surface area (Å²) < 4.78 is 27.3. The Bertz CT molecular complexity index is 887. The first-order valence-corrected chi connectivity index (χ1v) is 9.34. The molecule has 0 aliphatic carbocycles. The third kappa shape index (κ3) is 3.92. The second-order valence-electron chi connectivity index (χ2n) is 4.95. The quantitative estimate of drug-likeness (QED) is 0.724. The number of carbonyl (C=O) groups excluding carboxylic acids is 1. The van der Waals surface area contributed by atoms with Crippen LogP contribution in [-0.2, 0) is 10.0 Å². The van der Waals surface area contributed by atoms with Gasteiger partial charge in [0.1, 0.15) is 0 Å². The first-order valence-electron chi connectivity index (χ1n) is 6.98. The van der Waals surface area contributed by atoms with Gasteiger partial charge in [0.15, 0.2) is 0 Å². The first-order chi connectivity index (χ1) is 11.2. The number of amides is 1. The van der Waals surface area contributed by atoms with Gasteiger partial charge in [-0.25, -0.2) is 13.2 Å². The predicted molar refractivity (Wildman–Crippen MR) is 91.3 cm³/mol. The zero-order valence-electron chi connectivity index (χ0n) is 13.0. The molecule has 0 aliphatic rings. The minimum atomic E-state index is -3.92. The number of rotatable bonds is 6. The van der Waals surface area contributed by atoms with E-state index in [0.29, 0.717) is 12.1 Å². The number of benzene rings is 1. The lowest BCUT2D eigenvalue weighted by atomic mass is 10.1. The Morgan fingerprint density at radius 3 is 2.58 bits per heavy atom. The van der Waals surface area contributed by atoms with Crippen molar-refractivity contribution in [3.8, 4) is 0 Å². The van der Waals surface area contributed by atoms with Crippen LogP contribution in [0.5, 0.6) is 0 Å². The molecule has 0 atom stereocenters. The Labute approximate surface area is 143 Å². The fourth-order valence-corrected chi connectivity index (χ4v) is 4.21. The van der Waals surface area contributed by atoms with Crippen molar-refractivity contribution < 1.29 is 23.1 Å². The van der Waals surface area contributed by atoms with Gasteiger partial charge in [-0.15, -0.1) is 11.3 Å². The van der Waals surface area contributed by atoms with E-state index in [1.807, 2.05) is 0 Å². The van der Waals surface area contributed by atoms with Gasteiger partial charge in [-0.05, 0) is 37.6 Å². The highest BCUT2D eigenvalue weighted by atomic mass is 32.2. The molecule has 2 aromatic rings. The van der Waals surface area contributed by atoms with Gasteiger partial charge >= 0.3 is 5.97 Å². The molecule has 9 heteroatoms. The minimum absolute atomic E-state index is 0.0216. The maximum atomic E-state index is 12.4. The van der Waals surface area contributed by atoms with Gasteiger partial charge < -0.3 is 10.4 Å². The molecule has 128 valence electrons. The van der Waals surface area contributed by atoms with E-state index in [4.69, 9.17) is 5.11 Å². The van der Waals surface area contributed by atoms with Gasteiger partial charge in [0.25, 0.3) is 15.9 Å². The van der Waals surface area contributed by atoms with Crippen molar-refractivity contribution >= 4 is 38.9 Å². The molecule has 0 spiro atoms. The molecule has 0 bridgehead atoms. The fourth-order valence-electron chi connectivity index (χ4n) is 1.90. The van der Waals surface area contributed by atoms with E-state index in [9.17, 15) is 18.0 Å². The molecule has 1 aromatic heterocycles. The fraction of sp³-hybridized carbons (Fsp3) is 0.200. The van der Waals surface area contributed by atoms with Gasteiger partial charge in [0.05, 0.1) is 21.0 Å². The second kappa shape index (κ2) is 7.02. The minimum Gasteiger partial charge on any atom is -0.478 e. The zero-order valence-corrected chi connectivity index (χ0v) is 14.6. The Balaban J connectivity index is 2.31. The maximum Gasteiger partial charge on any atom is 0.335 e. The average Bonchev–Trinajstić information content (AvgIpc) is 3.00. The molecule has 0 radical (unpaired) electrons. The number of carboxylic acid groups (broad SMARTS) is 1. The van der Waals surface area contributed by atoms with Crippen molar-refractivity contribution in [3.05, 3.63) is 45.6 Å². The van der Waals surface area contributed by atoms with Crippen LogP contribution >= 0.6 is 11.3 Å². The van der Waals surface area contributed by atoms with Gasteiger partial charge in [0.2, 0.25) is 0 Å². The van der Waals surface area contributed by atoms with E-state index in [1.54, 1.807) is 13.8 Å². The molecular formula is C15H16N2O5S2. The molecule has 3 N–H and O–H groups in total. The topological polar surface area (TPSA) is 113 Å². The molecule has 0 unspecified atom stereocenters. The summed E-state index contributed by atoms with van der Waals surface area (Å²) in [6.07, 6.45) is 0. The van der Waals surface area contributed by atoms with Crippen LogP contribution < -0.4 is 10.0 Å². The third-order valence-electron chi connectivity index (χ3n) is 3.18. The molecular weight excluding hydrogens is 352 g/mol. The highest BCUT2D eigenvalue weighted by Crippen LogP contribution is 2.24. The summed E-state index contributed by atoms with van der Waals surface area (Å²) in [4.78, 5) is 23.0. The molecule has 1 aromatic carbocycles. The number of carbonyl (C=O) groups is 2. The largest absolute Gasteiger partial charge is 0.478 e. The van der Waals surface area contributed by atoms with E-state index in [1.165, 1.54) is 29.6 Å². The first kappa shape index (κ1) is 18.0. The number of carboxylic acids is 1. The Morgan fingerprint density at radius 2 is 1.96 bits per heavy atom. The summed E-state index contributed by atoms with van der Waals surface area (Å²) in [6, 6.07) is 5.46. The lowest BCUT2D eigenvalue weighted by Gasteiger charge is -2.10. The van der Waals surface area contributed by atoms with Crippen LogP contribution in [-0.4, -0.2) is 31.9 Å². The van der Waals surface area contributed by atoms with Crippen LogP contribution in [0.4, 0.5) is 5.69 Å².